The lowest BCUT2D eigenvalue weighted by atomic mass is 10.1. The number of ether oxygens (including phenoxy) is 2. The van der Waals surface area contributed by atoms with E-state index in [1.54, 1.807) is 25.3 Å². The van der Waals surface area contributed by atoms with Gasteiger partial charge in [0.25, 0.3) is 0 Å². The molecular formula is C19H21NO4S. The Morgan fingerprint density at radius 3 is 2.28 bits per heavy atom. The number of hydrogen-bond acceptors (Lipinski definition) is 5. The summed E-state index contributed by atoms with van der Waals surface area (Å²) in [7, 11) is 3.07. The summed E-state index contributed by atoms with van der Waals surface area (Å²) < 4.78 is 10.3. The Balaban J connectivity index is 1.83. The number of Topliss-reactive ketones (excluding diaryl/α,β-unsaturated/α-hetero) is 1. The molecule has 0 aliphatic carbocycles. The number of carbonyl (C=O) groups excluding carboxylic acids is 2. The normalized spacial score (nSPS) is 10.2. The zero-order valence-corrected chi connectivity index (χ0v) is 15.3. The molecule has 0 heterocycles. The van der Waals surface area contributed by atoms with Crippen LogP contribution in [0.2, 0.25) is 0 Å². The fraction of sp³-hybridized carbons (Fsp3) is 0.263. The highest BCUT2D eigenvalue weighted by atomic mass is 32.2. The van der Waals surface area contributed by atoms with E-state index in [9.17, 15) is 9.59 Å². The minimum Gasteiger partial charge on any atom is -0.493 e. The Bertz CT molecular complexity index is 744. The molecule has 0 aromatic heterocycles. The first-order valence-electron chi connectivity index (χ1n) is 7.73. The van der Waals surface area contributed by atoms with Crippen molar-refractivity contribution >= 4 is 29.1 Å². The molecule has 0 aliphatic heterocycles. The highest BCUT2D eigenvalue weighted by Crippen LogP contribution is 2.28. The lowest BCUT2D eigenvalue weighted by molar-refractivity contribution is -0.113. The molecule has 25 heavy (non-hydrogen) atoms. The van der Waals surface area contributed by atoms with Crippen molar-refractivity contribution in [2.45, 2.75) is 6.92 Å². The molecule has 1 amide bonds. The van der Waals surface area contributed by atoms with Gasteiger partial charge >= 0.3 is 0 Å². The molecule has 2 rings (SSSR count). The lowest BCUT2D eigenvalue weighted by Gasteiger charge is -2.09. The van der Waals surface area contributed by atoms with Crippen LogP contribution in [0.25, 0.3) is 0 Å². The van der Waals surface area contributed by atoms with Gasteiger partial charge in [-0.2, -0.15) is 0 Å². The minimum atomic E-state index is -0.131. The Kier molecular flexibility index (Phi) is 6.89. The third-order valence-electron chi connectivity index (χ3n) is 3.51. The first-order chi connectivity index (χ1) is 12.0. The van der Waals surface area contributed by atoms with E-state index in [0.717, 1.165) is 11.3 Å². The monoisotopic (exact) mass is 359 g/mol. The Labute approximate surface area is 151 Å². The standard InChI is InChI=1S/C19H21NO4S/c1-13-4-7-15(8-5-13)20-19(22)12-25-11-16(21)14-6-9-17(23-2)18(10-14)24-3/h4-10H,11-12H2,1-3H3,(H,20,22). The van der Waals surface area contributed by atoms with Crippen LogP contribution in [0.5, 0.6) is 11.5 Å². The van der Waals surface area contributed by atoms with Gasteiger partial charge in [-0.25, -0.2) is 0 Å². The van der Waals surface area contributed by atoms with Crippen LogP contribution in [0, 0.1) is 6.92 Å². The SMILES string of the molecule is COc1ccc(C(=O)CSCC(=O)Nc2ccc(C)cc2)cc1OC. The summed E-state index contributed by atoms with van der Waals surface area (Å²) in [6, 6.07) is 12.6. The lowest BCUT2D eigenvalue weighted by Crippen LogP contribution is -2.15. The number of carbonyl (C=O) groups is 2. The average Bonchev–Trinajstić information content (AvgIpc) is 2.62. The highest BCUT2D eigenvalue weighted by molar-refractivity contribution is 8.00. The van der Waals surface area contributed by atoms with Crippen molar-refractivity contribution in [1.82, 2.24) is 0 Å². The van der Waals surface area contributed by atoms with E-state index in [0.29, 0.717) is 17.1 Å². The Hall–Kier alpha value is -2.47. The molecule has 0 spiro atoms. The van der Waals surface area contributed by atoms with Crippen molar-refractivity contribution < 1.29 is 19.1 Å². The van der Waals surface area contributed by atoms with Crippen LogP contribution in [-0.2, 0) is 4.79 Å². The minimum absolute atomic E-state index is 0.0610. The van der Waals surface area contributed by atoms with Gasteiger partial charge in [-0.05, 0) is 37.3 Å². The molecular weight excluding hydrogens is 338 g/mol. The third-order valence-corrected chi connectivity index (χ3v) is 4.44. The van der Waals surface area contributed by atoms with E-state index in [2.05, 4.69) is 5.32 Å². The van der Waals surface area contributed by atoms with Gasteiger partial charge in [0.2, 0.25) is 5.91 Å². The molecule has 0 unspecified atom stereocenters. The van der Waals surface area contributed by atoms with Gasteiger partial charge < -0.3 is 14.8 Å². The van der Waals surface area contributed by atoms with E-state index in [4.69, 9.17) is 9.47 Å². The number of thioether (sulfide) groups is 1. The van der Waals surface area contributed by atoms with Crippen molar-refractivity contribution in [2.24, 2.45) is 0 Å². The van der Waals surface area contributed by atoms with E-state index < -0.39 is 0 Å². The molecule has 0 aliphatic rings. The number of methoxy groups -OCH3 is 2. The van der Waals surface area contributed by atoms with Crippen molar-refractivity contribution in [3.63, 3.8) is 0 Å². The Morgan fingerprint density at radius 1 is 0.960 bits per heavy atom. The maximum absolute atomic E-state index is 12.2. The molecule has 0 bridgehead atoms. The van der Waals surface area contributed by atoms with Crippen molar-refractivity contribution in [2.75, 3.05) is 31.0 Å². The number of rotatable bonds is 8. The maximum atomic E-state index is 12.2. The molecule has 6 heteroatoms. The van der Waals surface area contributed by atoms with Crippen molar-refractivity contribution in [1.29, 1.82) is 0 Å². The zero-order chi connectivity index (χ0) is 18.2. The Morgan fingerprint density at radius 2 is 1.64 bits per heavy atom. The van der Waals surface area contributed by atoms with Gasteiger partial charge in [0.05, 0.1) is 25.7 Å². The molecule has 2 aromatic carbocycles. The predicted octanol–water partition coefficient (Wildman–Crippen LogP) is 3.57. The van der Waals surface area contributed by atoms with Gasteiger partial charge in [-0.3, -0.25) is 9.59 Å². The topological polar surface area (TPSA) is 64.6 Å². The van der Waals surface area contributed by atoms with Crippen LogP contribution in [0.15, 0.2) is 42.5 Å². The quantitative estimate of drug-likeness (QED) is 0.730. The second-order valence-corrected chi connectivity index (χ2v) is 6.39. The second kappa shape index (κ2) is 9.13. The molecule has 132 valence electrons. The molecule has 5 nitrogen and oxygen atoms in total. The number of benzene rings is 2. The molecule has 0 saturated heterocycles. The van der Waals surface area contributed by atoms with Crippen molar-refractivity contribution in [3.05, 3.63) is 53.6 Å². The highest BCUT2D eigenvalue weighted by Gasteiger charge is 2.12. The molecule has 0 fully saturated rings. The number of ketones is 1. The summed E-state index contributed by atoms with van der Waals surface area (Å²) in [6.07, 6.45) is 0. The average molecular weight is 359 g/mol. The van der Waals surface area contributed by atoms with E-state index in [1.807, 2.05) is 31.2 Å². The number of hydrogen-bond donors (Lipinski definition) is 1. The van der Waals surface area contributed by atoms with Crippen LogP contribution in [0.3, 0.4) is 0 Å². The fourth-order valence-corrected chi connectivity index (χ4v) is 2.88. The summed E-state index contributed by atoms with van der Waals surface area (Å²) in [5.74, 6) is 1.33. The molecule has 2 aromatic rings. The van der Waals surface area contributed by atoms with Crippen LogP contribution in [0.4, 0.5) is 5.69 Å². The summed E-state index contributed by atoms with van der Waals surface area (Å²) in [6.45, 7) is 1.99. The van der Waals surface area contributed by atoms with Crippen LogP contribution < -0.4 is 14.8 Å². The summed E-state index contributed by atoms with van der Waals surface area (Å²) in [4.78, 5) is 24.2. The van der Waals surface area contributed by atoms with Gasteiger partial charge in [0.1, 0.15) is 0 Å². The number of amides is 1. The maximum Gasteiger partial charge on any atom is 0.234 e. The van der Waals surface area contributed by atoms with E-state index in [1.165, 1.54) is 18.9 Å². The molecule has 1 N–H and O–H groups in total. The van der Waals surface area contributed by atoms with Crippen LogP contribution in [0.1, 0.15) is 15.9 Å². The van der Waals surface area contributed by atoms with Gasteiger partial charge in [0.15, 0.2) is 17.3 Å². The first-order valence-corrected chi connectivity index (χ1v) is 8.88. The van der Waals surface area contributed by atoms with Crippen LogP contribution >= 0.6 is 11.8 Å². The summed E-state index contributed by atoms with van der Waals surface area (Å²) in [5.41, 5.74) is 2.42. The second-order valence-electron chi connectivity index (χ2n) is 5.40. The third kappa shape index (κ3) is 5.53. The number of aryl methyl sites for hydroxylation is 1. The van der Waals surface area contributed by atoms with Crippen LogP contribution in [-0.4, -0.2) is 37.4 Å². The van der Waals surface area contributed by atoms with Crippen molar-refractivity contribution in [3.8, 4) is 11.5 Å². The van der Waals surface area contributed by atoms with Gasteiger partial charge in [-0.1, -0.05) is 17.7 Å². The number of nitrogens with one attached hydrogen (secondary N) is 1. The molecule has 0 radical (unpaired) electrons. The number of anilines is 1. The van der Waals surface area contributed by atoms with E-state index in [-0.39, 0.29) is 23.2 Å². The van der Waals surface area contributed by atoms with E-state index >= 15 is 0 Å². The van der Waals surface area contributed by atoms with Gasteiger partial charge in [-0.15, -0.1) is 11.8 Å². The molecule has 0 saturated carbocycles. The predicted molar refractivity (Wildman–Crippen MR) is 101 cm³/mol. The summed E-state index contributed by atoms with van der Waals surface area (Å²) >= 11 is 1.28. The van der Waals surface area contributed by atoms with Gasteiger partial charge in [0, 0.05) is 11.3 Å². The molecule has 0 atom stereocenters. The first kappa shape index (κ1) is 18.9. The smallest absolute Gasteiger partial charge is 0.234 e. The fourth-order valence-electron chi connectivity index (χ4n) is 2.16. The zero-order valence-electron chi connectivity index (χ0n) is 14.5. The largest absolute Gasteiger partial charge is 0.493 e. The summed E-state index contributed by atoms with van der Waals surface area (Å²) in [5, 5.41) is 2.81.